The fourth-order valence-electron chi connectivity index (χ4n) is 2.39. The predicted octanol–water partition coefficient (Wildman–Crippen LogP) is 3.35. The maximum absolute atomic E-state index is 12.6. The molecule has 1 aliphatic rings. The normalized spacial score (nSPS) is 15.6. The van der Waals surface area contributed by atoms with Gasteiger partial charge in [0, 0.05) is 0 Å². The molecule has 0 unspecified atom stereocenters. The number of phenols is 2. The Bertz CT molecular complexity index is 1000. The second kappa shape index (κ2) is 8.32. The first-order chi connectivity index (χ1) is 13.4. The van der Waals surface area contributed by atoms with Gasteiger partial charge in [0.2, 0.25) is 0 Å². The van der Waals surface area contributed by atoms with Crippen LogP contribution in [-0.4, -0.2) is 45.9 Å². The molecule has 7 nitrogen and oxygen atoms in total. The number of amides is 1. The van der Waals surface area contributed by atoms with E-state index in [0.29, 0.717) is 31.9 Å². The lowest BCUT2D eigenvalue weighted by atomic mass is 10.2. The monoisotopic (exact) mass is 416 g/mol. The first-order valence-electron chi connectivity index (χ1n) is 7.99. The van der Waals surface area contributed by atoms with Crippen molar-refractivity contribution in [1.82, 2.24) is 5.01 Å². The Morgan fingerprint density at radius 3 is 2.21 bits per heavy atom. The summed E-state index contributed by atoms with van der Waals surface area (Å²) >= 11 is 6.38. The summed E-state index contributed by atoms with van der Waals surface area (Å²) in [5.74, 6) is 0.279. The molecule has 0 saturated carbocycles. The molecule has 0 radical (unpaired) electrons. The van der Waals surface area contributed by atoms with E-state index in [4.69, 9.17) is 21.7 Å². The van der Waals surface area contributed by atoms with Gasteiger partial charge in [0.1, 0.15) is 0 Å². The summed E-state index contributed by atoms with van der Waals surface area (Å²) < 4.78 is 10.4. The van der Waals surface area contributed by atoms with Crippen LogP contribution in [0.4, 0.5) is 0 Å². The molecule has 9 heteroatoms. The Morgan fingerprint density at radius 1 is 1.04 bits per heavy atom. The van der Waals surface area contributed by atoms with Crippen LogP contribution in [0.2, 0.25) is 0 Å². The van der Waals surface area contributed by atoms with Crippen molar-refractivity contribution < 1.29 is 24.5 Å². The number of thiocarbonyl (C=S) groups is 1. The largest absolute Gasteiger partial charge is 0.504 e. The lowest BCUT2D eigenvalue weighted by Crippen LogP contribution is -2.22. The zero-order valence-electron chi connectivity index (χ0n) is 14.9. The van der Waals surface area contributed by atoms with Gasteiger partial charge < -0.3 is 19.7 Å². The molecule has 144 valence electrons. The van der Waals surface area contributed by atoms with Crippen LogP contribution >= 0.6 is 24.0 Å². The van der Waals surface area contributed by atoms with Gasteiger partial charge in [-0.2, -0.15) is 10.1 Å². The van der Waals surface area contributed by atoms with E-state index in [1.165, 1.54) is 32.6 Å². The minimum absolute atomic E-state index is 0.0116. The van der Waals surface area contributed by atoms with E-state index in [0.717, 1.165) is 16.8 Å². The van der Waals surface area contributed by atoms with Crippen molar-refractivity contribution in [2.45, 2.75) is 0 Å². The maximum atomic E-state index is 12.6. The molecule has 1 saturated heterocycles. The number of nitrogens with zero attached hydrogens (tertiary/aromatic N) is 2. The topological polar surface area (TPSA) is 91.6 Å². The number of phenolic OH excluding ortho intramolecular Hbond substituents is 2. The molecule has 3 rings (SSSR count). The van der Waals surface area contributed by atoms with Crippen LogP contribution in [0.1, 0.15) is 11.1 Å². The molecule has 2 aromatic carbocycles. The lowest BCUT2D eigenvalue weighted by molar-refractivity contribution is -0.122. The number of hydrazone groups is 1. The molecule has 0 spiro atoms. The van der Waals surface area contributed by atoms with E-state index in [1.54, 1.807) is 30.3 Å². The van der Waals surface area contributed by atoms with Crippen LogP contribution in [0.15, 0.2) is 46.4 Å². The molecular formula is C19H16N2O5S2. The number of methoxy groups -OCH3 is 2. The average Bonchev–Trinajstić information content (AvgIpc) is 2.95. The summed E-state index contributed by atoms with van der Waals surface area (Å²) in [4.78, 5) is 13.0. The van der Waals surface area contributed by atoms with E-state index >= 15 is 0 Å². The third kappa shape index (κ3) is 4.10. The first-order valence-corrected chi connectivity index (χ1v) is 9.21. The highest BCUT2D eigenvalue weighted by Gasteiger charge is 2.32. The zero-order chi connectivity index (χ0) is 20.3. The van der Waals surface area contributed by atoms with E-state index in [2.05, 4.69) is 5.10 Å². The van der Waals surface area contributed by atoms with Crippen LogP contribution in [0, 0.1) is 0 Å². The van der Waals surface area contributed by atoms with Crippen LogP contribution in [0.5, 0.6) is 23.0 Å². The number of benzene rings is 2. The Labute approximate surface area is 170 Å². The van der Waals surface area contributed by atoms with Gasteiger partial charge in [0.15, 0.2) is 27.3 Å². The Morgan fingerprint density at radius 2 is 1.61 bits per heavy atom. The van der Waals surface area contributed by atoms with Gasteiger partial charge in [-0.15, -0.1) is 0 Å². The van der Waals surface area contributed by atoms with Crippen LogP contribution in [0.3, 0.4) is 0 Å². The van der Waals surface area contributed by atoms with Gasteiger partial charge in [-0.3, -0.25) is 4.79 Å². The van der Waals surface area contributed by atoms with Crippen molar-refractivity contribution >= 4 is 46.5 Å². The Balaban J connectivity index is 1.82. The molecule has 2 aromatic rings. The quantitative estimate of drug-likeness (QED) is 0.439. The smallest absolute Gasteiger partial charge is 0.286 e. The van der Waals surface area contributed by atoms with E-state index in [9.17, 15) is 15.0 Å². The van der Waals surface area contributed by atoms with Crippen molar-refractivity contribution in [2.75, 3.05) is 14.2 Å². The minimum atomic E-state index is -0.357. The predicted molar refractivity (Wildman–Crippen MR) is 112 cm³/mol. The van der Waals surface area contributed by atoms with E-state index in [-0.39, 0.29) is 17.4 Å². The number of carbonyl (C=O) groups excluding carboxylic acids is 1. The van der Waals surface area contributed by atoms with Gasteiger partial charge in [-0.1, -0.05) is 17.8 Å². The summed E-state index contributed by atoms with van der Waals surface area (Å²) in [5.41, 5.74) is 1.32. The SMILES string of the molecule is COc1cc(C=NN2C(=O)C(=Cc3ccc(O)c(OC)c3)SC2=S)ccc1O. The molecule has 2 N–H and O–H groups in total. The molecule has 28 heavy (non-hydrogen) atoms. The number of hydrogen-bond donors (Lipinski definition) is 2. The van der Waals surface area contributed by atoms with Crippen molar-refractivity contribution in [3.63, 3.8) is 0 Å². The molecule has 1 fully saturated rings. The molecule has 1 amide bonds. The first kappa shape index (κ1) is 19.7. The molecule has 0 aromatic heterocycles. The second-order valence-corrected chi connectivity index (χ2v) is 7.28. The summed E-state index contributed by atoms with van der Waals surface area (Å²) in [6.07, 6.45) is 3.11. The van der Waals surface area contributed by atoms with Crippen molar-refractivity contribution in [3.05, 3.63) is 52.4 Å². The highest BCUT2D eigenvalue weighted by molar-refractivity contribution is 8.26. The molecular weight excluding hydrogens is 400 g/mol. The number of thioether (sulfide) groups is 1. The Hall–Kier alpha value is -3.04. The Kier molecular flexibility index (Phi) is 5.86. The van der Waals surface area contributed by atoms with Gasteiger partial charge in [-0.25, -0.2) is 0 Å². The van der Waals surface area contributed by atoms with E-state index < -0.39 is 0 Å². The summed E-state index contributed by atoms with van der Waals surface area (Å²) in [7, 11) is 2.90. The highest BCUT2D eigenvalue weighted by atomic mass is 32.2. The minimum Gasteiger partial charge on any atom is -0.504 e. The number of carbonyl (C=O) groups is 1. The van der Waals surface area contributed by atoms with Crippen molar-refractivity contribution in [1.29, 1.82) is 0 Å². The zero-order valence-corrected chi connectivity index (χ0v) is 16.6. The summed E-state index contributed by atoms with van der Waals surface area (Å²) in [6, 6.07) is 9.47. The van der Waals surface area contributed by atoms with Crippen LogP contribution in [-0.2, 0) is 4.79 Å². The fourth-order valence-corrected chi connectivity index (χ4v) is 3.57. The molecule has 1 heterocycles. The number of hydrogen-bond acceptors (Lipinski definition) is 8. The molecule has 0 aliphatic carbocycles. The van der Waals surface area contributed by atoms with Gasteiger partial charge in [0.25, 0.3) is 5.91 Å². The summed E-state index contributed by atoms with van der Waals surface area (Å²) in [6.45, 7) is 0. The van der Waals surface area contributed by atoms with Crippen LogP contribution < -0.4 is 9.47 Å². The van der Waals surface area contributed by atoms with Crippen molar-refractivity contribution in [3.8, 4) is 23.0 Å². The average molecular weight is 416 g/mol. The number of aromatic hydroxyl groups is 2. The molecule has 0 atom stereocenters. The second-order valence-electron chi connectivity index (χ2n) is 5.60. The van der Waals surface area contributed by atoms with Gasteiger partial charge in [-0.05, 0) is 59.8 Å². The third-order valence-electron chi connectivity index (χ3n) is 3.80. The lowest BCUT2D eigenvalue weighted by Gasteiger charge is -2.07. The van der Waals surface area contributed by atoms with Gasteiger partial charge >= 0.3 is 0 Å². The fraction of sp³-hybridized carbons (Fsp3) is 0.105. The highest BCUT2D eigenvalue weighted by Crippen LogP contribution is 2.34. The molecule has 0 bridgehead atoms. The van der Waals surface area contributed by atoms with Crippen LogP contribution in [0.25, 0.3) is 6.08 Å². The third-order valence-corrected chi connectivity index (χ3v) is 5.08. The number of ether oxygens (including phenoxy) is 2. The molecule has 1 aliphatic heterocycles. The number of rotatable bonds is 5. The standard InChI is InChI=1S/C19H16N2O5S2/c1-25-15-7-11(3-5-13(15)22)9-17-18(24)21(19(27)28-17)20-10-12-4-6-14(23)16(8-12)26-2/h3-10,22-23H,1-2H3. The van der Waals surface area contributed by atoms with Crippen molar-refractivity contribution in [2.24, 2.45) is 5.10 Å². The summed E-state index contributed by atoms with van der Waals surface area (Å²) in [5, 5.41) is 24.6. The maximum Gasteiger partial charge on any atom is 0.286 e. The van der Waals surface area contributed by atoms with Gasteiger partial charge in [0.05, 0.1) is 25.3 Å². The van der Waals surface area contributed by atoms with E-state index in [1.807, 2.05) is 0 Å².